The smallest absolute Gasteiger partial charge is 0.168 e. The van der Waals surface area contributed by atoms with Gasteiger partial charge in [-0.2, -0.15) is 0 Å². The van der Waals surface area contributed by atoms with Gasteiger partial charge in [-0.3, -0.25) is 0 Å². The van der Waals surface area contributed by atoms with Gasteiger partial charge in [0.1, 0.15) is 0 Å². The van der Waals surface area contributed by atoms with Gasteiger partial charge in [0.15, 0.2) is 5.82 Å². The van der Waals surface area contributed by atoms with Gasteiger partial charge in [-0.25, -0.2) is 4.68 Å². The number of anilines is 1. The number of rotatable bonds is 3. The van der Waals surface area contributed by atoms with Gasteiger partial charge in [0.25, 0.3) is 0 Å². The highest BCUT2D eigenvalue weighted by molar-refractivity contribution is 5.31. The van der Waals surface area contributed by atoms with Gasteiger partial charge in [-0.05, 0) is 12.8 Å². The van der Waals surface area contributed by atoms with Crippen LogP contribution in [0.1, 0.15) is 26.0 Å². The van der Waals surface area contributed by atoms with Crippen molar-refractivity contribution in [3.8, 4) is 0 Å². The lowest BCUT2D eigenvalue weighted by Crippen LogP contribution is -2.09. The topological polar surface area (TPSA) is 56.7 Å². The highest BCUT2D eigenvalue weighted by Gasteiger charge is 2.06. The van der Waals surface area contributed by atoms with Crippen LogP contribution in [0, 0.1) is 12.8 Å². The lowest BCUT2D eigenvalue weighted by atomic mass is 10.1. The zero-order chi connectivity index (χ0) is 9.14. The Hall–Kier alpha value is -1.06. The molecule has 0 aliphatic heterocycles. The molecule has 4 heteroatoms. The maximum atomic E-state index is 5.56. The first-order valence-electron chi connectivity index (χ1n) is 4.30. The van der Waals surface area contributed by atoms with E-state index in [2.05, 4.69) is 24.2 Å². The molecule has 1 heterocycles. The molecule has 1 rings (SSSR count). The van der Waals surface area contributed by atoms with Crippen LogP contribution in [0.25, 0.3) is 0 Å². The van der Waals surface area contributed by atoms with E-state index in [1.807, 2.05) is 11.6 Å². The summed E-state index contributed by atoms with van der Waals surface area (Å²) in [6.07, 6.45) is 1.15. The Balaban J connectivity index is 2.69. The van der Waals surface area contributed by atoms with Crippen molar-refractivity contribution in [2.45, 2.75) is 33.7 Å². The normalized spacial score (nSPS) is 13.2. The zero-order valence-corrected chi connectivity index (χ0v) is 7.91. The summed E-state index contributed by atoms with van der Waals surface area (Å²) in [4.78, 5) is 0. The van der Waals surface area contributed by atoms with Gasteiger partial charge >= 0.3 is 0 Å². The molecule has 1 atom stereocenters. The molecule has 0 saturated carbocycles. The molecule has 2 N–H and O–H groups in total. The molecule has 0 aliphatic rings. The fourth-order valence-electron chi connectivity index (χ4n) is 0.972. The summed E-state index contributed by atoms with van der Waals surface area (Å²) >= 11 is 0. The van der Waals surface area contributed by atoms with Crippen LogP contribution < -0.4 is 5.73 Å². The monoisotopic (exact) mass is 168 g/mol. The summed E-state index contributed by atoms with van der Waals surface area (Å²) in [6.45, 7) is 7.21. The summed E-state index contributed by atoms with van der Waals surface area (Å²) in [7, 11) is 0. The largest absolute Gasteiger partial charge is 0.381 e. The Morgan fingerprint density at radius 3 is 2.67 bits per heavy atom. The summed E-state index contributed by atoms with van der Waals surface area (Å²) < 4.78 is 1.86. The quantitative estimate of drug-likeness (QED) is 0.738. The third kappa shape index (κ3) is 1.75. The van der Waals surface area contributed by atoms with Gasteiger partial charge in [-0.1, -0.05) is 25.5 Å². The molecule has 0 saturated heterocycles. The van der Waals surface area contributed by atoms with E-state index < -0.39 is 0 Å². The number of nitrogens with two attached hydrogens (primary N) is 1. The Bertz CT molecular complexity index is 254. The fraction of sp³-hybridized carbons (Fsp3) is 0.750. The van der Waals surface area contributed by atoms with E-state index in [0.717, 1.165) is 18.7 Å². The summed E-state index contributed by atoms with van der Waals surface area (Å²) in [6, 6.07) is 0. The maximum absolute atomic E-state index is 5.56. The molecule has 68 valence electrons. The number of hydrogen-bond acceptors (Lipinski definition) is 3. The molecule has 4 nitrogen and oxygen atoms in total. The van der Waals surface area contributed by atoms with Crippen molar-refractivity contribution < 1.29 is 0 Å². The number of aromatic nitrogens is 3. The van der Waals surface area contributed by atoms with Gasteiger partial charge in [0.2, 0.25) is 0 Å². The zero-order valence-electron chi connectivity index (χ0n) is 7.91. The lowest BCUT2D eigenvalue weighted by molar-refractivity contribution is 0.425. The molecule has 1 unspecified atom stereocenters. The molecule has 12 heavy (non-hydrogen) atoms. The first kappa shape index (κ1) is 9.03. The predicted octanol–water partition coefficient (Wildman–Crippen LogP) is 1.21. The van der Waals surface area contributed by atoms with Crippen LogP contribution in [-0.2, 0) is 6.54 Å². The first-order valence-corrected chi connectivity index (χ1v) is 4.30. The van der Waals surface area contributed by atoms with Crippen molar-refractivity contribution in [3.05, 3.63) is 5.69 Å². The molecule has 1 aromatic heterocycles. The minimum absolute atomic E-state index is 0.540. The second-order valence-corrected chi connectivity index (χ2v) is 3.26. The van der Waals surface area contributed by atoms with E-state index in [1.165, 1.54) is 0 Å². The lowest BCUT2D eigenvalue weighted by Gasteiger charge is -2.08. The second-order valence-electron chi connectivity index (χ2n) is 3.26. The van der Waals surface area contributed by atoms with Gasteiger partial charge in [0, 0.05) is 6.54 Å². The molecule has 0 aliphatic carbocycles. The average molecular weight is 168 g/mol. The van der Waals surface area contributed by atoms with Gasteiger partial charge < -0.3 is 5.73 Å². The van der Waals surface area contributed by atoms with E-state index in [1.54, 1.807) is 0 Å². The second kappa shape index (κ2) is 3.56. The Kier molecular flexibility index (Phi) is 2.68. The molecule has 1 aromatic rings. The van der Waals surface area contributed by atoms with Crippen LogP contribution in [0.15, 0.2) is 0 Å². The average Bonchev–Trinajstić information content (AvgIpc) is 2.36. The van der Waals surface area contributed by atoms with Crippen LogP contribution in [0.2, 0.25) is 0 Å². The van der Waals surface area contributed by atoms with Gasteiger partial charge in [0.05, 0.1) is 5.69 Å². The maximum Gasteiger partial charge on any atom is 0.168 e. The molecular weight excluding hydrogens is 152 g/mol. The SMILES string of the molecule is CCC(C)Cn1nnc(N)c1C. The molecule has 0 spiro atoms. The third-order valence-electron chi connectivity index (χ3n) is 2.20. The van der Waals surface area contributed by atoms with Crippen LogP contribution >= 0.6 is 0 Å². The minimum Gasteiger partial charge on any atom is -0.381 e. The van der Waals surface area contributed by atoms with Crippen molar-refractivity contribution >= 4 is 5.82 Å². The number of nitrogens with zero attached hydrogens (tertiary/aromatic N) is 3. The van der Waals surface area contributed by atoms with Crippen LogP contribution in [0.3, 0.4) is 0 Å². The van der Waals surface area contributed by atoms with E-state index in [0.29, 0.717) is 11.7 Å². The molecular formula is C8H16N4. The fourth-order valence-corrected chi connectivity index (χ4v) is 0.972. The third-order valence-corrected chi connectivity index (χ3v) is 2.20. The number of hydrogen-bond donors (Lipinski definition) is 1. The van der Waals surface area contributed by atoms with E-state index >= 15 is 0 Å². The van der Waals surface area contributed by atoms with Crippen LogP contribution in [-0.4, -0.2) is 15.0 Å². The van der Waals surface area contributed by atoms with Crippen molar-refractivity contribution in [1.29, 1.82) is 0 Å². The standard InChI is InChI=1S/C8H16N4/c1-4-6(2)5-12-7(3)8(9)10-11-12/h6H,4-5,9H2,1-3H3. The summed E-state index contributed by atoms with van der Waals surface area (Å²) in [5, 5.41) is 7.74. The molecule has 0 fully saturated rings. The van der Waals surface area contributed by atoms with Crippen molar-refractivity contribution in [3.63, 3.8) is 0 Å². The molecule has 0 amide bonds. The van der Waals surface area contributed by atoms with Crippen molar-refractivity contribution in [2.75, 3.05) is 5.73 Å². The highest BCUT2D eigenvalue weighted by atomic mass is 15.4. The van der Waals surface area contributed by atoms with Crippen molar-refractivity contribution in [1.82, 2.24) is 15.0 Å². The summed E-state index contributed by atoms with van der Waals surface area (Å²) in [5.74, 6) is 1.17. The summed E-state index contributed by atoms with van der Waals surface area (Å²) in [5.41, 5.74) is 6.53. The minimum atomic E-state index is 0.540. The highest BCUT2D eigenvalue weighted by Crippen LogP contribution is 2.09. The van der Waals surface area contributed by atoms with E-state index in [9.17, 15) is 0 Å². The molecule has 0 radical (unpaired) electrons. The predicted molar refractivity (Wildman–Crippen MR) is 48.6 cm³/mol. The Morgan fingerprint density at radius 1 is 1.58 bits per heavy atom. The Morgan fingerprint density at radius 2 is 2.25 bits per heavy atom. The number of nitrogen functional groups attached to an aromatic ring is 1. The van der Waals surface area contributed by atoms with Gasteiger partial charge in [-0.15, -0.1) is 5.10 Å². The molecule has 0 aromatic carbocycles. The van der Waals surface area contributed by atoms with E-state index in [4.69, 9.17) is 5.73 Å². The first-order chi connectivity index (χ1) is 5.65. The molecule has 0 bridgehead atoms. The van der Waals surface area contributed by atoms with E-state index in [-0.39, 0.29) is 0 Å². The van der Waals surface area contributed by atoms with Crippen LogP contribution in [0.5, 0.6) is 0 Å². The van der Waals surface area contributed by atoms with Crippen molar-refractivity contribution in [2.24, 2.45) is 5.92 Å². The Labute approximate surface area is 72.8 Å². The van der Waals surface area contributed by atoms with Crippen LogP contribution in [0.4, 0.5) is 5.82 Å².